The van der Waals surface area contributed by atoms with Crippen molar-refractivity contribution in [1.29, 1.82) is 0 Å². The molecule has 3 rings (SSSR count). The van der Waals surface area contributed by atoms with E-state index in [4.69, 9.17) is 0 Å². The van der Waals surface area contributed by atoms with Crippen LogP contribution in [0.25, 0.3) is 11.3 Å². The molecule has 2 heterocycles. The van der Waals surface area contributed by atoms with Gasteiger partial charge >= 0.3 is 5.97 Å². The molecule has 0 bridgehead atoms. The maximum atomic E-state index is 11.3. The van der Waals surface area contributed by atoms with E-state index >= 15 is 0 Å². The number of aromatic carboxylic acids is 1. The van der Waals surface area contributed by atoms with Crippen LogP contribution in [0.1, 0.15) is 16.2 Å². The first-order chi connectivity index (χ1) is 10.1. The van der Waals surface area contributed by atoms with Crippen LogP contribution in [0, 0.1) is 0 Å². The van der Waals surface area contributed by atoms with Gasteiger partial charge in [0.2, 0.25) is 0 Å². The molecule has 0 atom stereocenters. The van der Waals surface area contributed by atoms with Crippen LogP contribution >= 0.6 is 0 Å². The van der Waals surface area contributed by atoms with E-state index in [1.165, 1.54) is 4.68 Å². The second kappa shape index (κ2) is 5.16. The van der Waals surface area contributed by atoms with Gasteiger partial charge in [0.1, 0.15) is 11.4 Å². The third-order valence-electron chi connectivity index (χ3n) is 2.95. The third kappa shape index (κ3) is 2.50. The second-order valence-electron chi connectivity index (χ2n) is 4.50. The van der Waals surface area contributed by atoms with E-state index < -0.39 is 5.97 Å². The Morgan fingerprint density at radius 2 is 1.95 bits per heavy atom. The largest absolute Gasteiger partial charge is 0.476 e. The highest BCUT2D eigenvalue weighted by Crippen LogP contribution is 2.22. The summed E-state index contributed by atoms with van der Waals surface area (Å²) >= 11 is 0. The zero-order valence-electron chi connectivity index (χ0n) is 11.2. The van der Waals surface area contributed by atoms with Crippen molar-refractivity contribution in [1.82, 2.24) is 30.0 Å². The lowest BCUT2D eigenvalue weighted by Crippen LogP contribution is -2.06. The molecule has 0 aliphatic rings. The van der Waals surface area contributed by atoms with E-state index in [0.29, 0.717) is 17.9 Å². The number of carboxylic acids is 1. The fourth-order valence-electron chi connectivity index (χ4n) is 2.07. The van der Waals surface area contributed by atoms with Crippen molar-refractivity contribution in [3.63, 3.8) is 0 Å². The van der Waals surface area contributed by atoms with E-state index in [9.17, 15) is 9.90 Å². The summed E-state index contributed by atoms with van der Waals surface area (Å²) < 4.78 is 3.09. The molecule has 1 aromatic carbocycles. The number of nitrogens with zero attached hydrogens (tertiary/aromatic N) is 6. The van der Waals surface area contributed by atoms with Crippen LogP contribution in [0.15, 0.2) is 36.5 Å². The Bertz CT molecular complexity index is 777. The number of carboxylic acid groups (broad SMARTS) is 1. The summed E-state index contributed by atoms with van der Waals surface area (Å²) in [5, 5.41) is 24.8. The molecule has 0 spiro atoms. The first-order valence-corrected chi connectivity index (χ1v) is 6.22. The van der Waals surface area contributed by atoms with E-state index in [2.05, 4.69) is 20.6 Å². The molecule has 0 aliphatic heterocycles. The molecule has 0 unspecified atom stereocenters. The lowest BCUT2D eigenvalue weighted by molar-refractivity contribution is 0.0691. The van der Waals surface area contributed by atoms with Gasteiger partial charge in [-0.3, -0.25) is 4.68 Å². The summed E-state index contributed by atoms with van der Waals surface area (Å²) in [4.78, 5) is 11.3. The summed E-state index contributed by atoms with van der Waals surface area (Å²) in [6, 6.07) is 9.17. The zero-order chi connectivity index (χ0) is 14.8. The Hall–Kier alpha value is -3.03. The molecule has 106 valence electrons. The van der Waals surface area contributed by atoms with E-state index in [0.717, 1.165) is 5.56 Å². The third-order valence-corrected chi connectivity index (χ3v) is 2.95. The second-order valence-corrected chi connectivity index (χ2v) is 4.50. The molecular formula is C13H12N6O2. The predicted molar refractivity (Wildman–Crippen MR) is 72.5 cm³/mol. The van der Waals surface area contributed by atoms with E-state index in [1.807, 2.05) is 30.3 Å². The first kappa shape index (κ1) is 13.0. The van der Waals surface area contributed by atoms with Crippen LogP contribution in [0.3, 0.4) is 0 Å². The minimum atomic E-state index is -1.11. The molecule has 2 aromatic heterocycles. The molecule has 0 amide bonds. The van der Waals surface area contributed by atoms with Crippen LogP contribution < -0.4 is 0 Å². The number of aryl methyl sites for hydroxylation is 1. The van der Waals surface area contributed by atoms with Crippen molar-refractivity contribution in [3.05, 3.63) is 47.9 Å². The minimum absolute atomic E-state index is 0.0786. The van der Waals surface area contributed by atoms with Crippen LogP contribution in [-0.2, 0) is 13.6 Å². The van der Waals surface area contributed by atoms with Gasteiger partial charge in [-0.25, -0.2) is 9.48 Å². The normalized spacial score (nSPS) is 10.7. The van der Waals surface area contributed by atoms with Gasteiger partial charge in [0.25, 0.3) is 0 Å². The molecule has 0 saturated carbocycles. The van der Waals surface area contributed by atoms with Crippen molar-refractivity contribution >= 4 is 5.97 Å². The van der Waals surface area contributed by atoms with Gasteiger partial charge in [0, 0.05) is 12.6 Å². The SMILES string of the molecule is Cn1cc(Cn2nnc(C(=O)O)c2-c2ccccc2)nn1. The maximum Gasteiger partial charge on any atom is 0.358 e. The van der Waals surface area contributed by atoms with Gasteiger partial charge in [0.05, 0.1) is 12.7 Å². The Kier molecular flexibility index (Phi) is 3.19. The Balaban J connectivity index is 2.07. The van der Waals surface area contributed by atoms with Gasteiger partial charge in [0.15, 0.2) is 5.69 Å². The maximum absolute atomic E-state index is 11.3. The van der Waals surface area contributed by atoms with Crippen LogP contribution in [0.4, 0.5) is 0 Å². The molecule has 1 N–H and O–H groups in total. The number of aromatic nitrogens is 6. The lowest BCUT2D eigenvalue weighted by Gasteiger charge is -2.05. The van der Waals surface area contributed by atoms with Crippen molar-refractivity contribution < 1.29 is 9.90 Å². The van der Waals surface area contributed by atoms with Gasteiger partial charge < -0.3 is 5.11 Å². The lowest BCUT2D eigenvalue weighted by atomic mass is 10.1. The number of hydrogen-bond donors (Lipinski definition) is 1. The molecule has 21 heavy (non-hydrogen) atoms. The fraction of sp³-hybridized carbons (Fsp3) is 0.154. The van der Waals surface area contributed by atoms with E-state index in [-0.39, 0.29) is 5.69 Å². The fourth-order valence-corrected chi connectivity index (χ4v) is 2.07. The number of hydrogen-bond acceptors (Lipinski definition) is 5. The summed E-state index contributed by atoms with van der Waals surface area (Å²) in [7, 11) is 1.76. The van der Waals surface area contributed by atoms with Gasteiger partial charge in [-0.05, 0) is 0 Å². The molecule has 3 aromatic rings. The average Bonchev–Trinajstić information content (AvgIpc) is 3.07. The van der Waals surface area contributed by atoms with Gasteiger partial charge in [-0.2, -0.15) is 0 Å². The highest BCUT2D eigenvalue weighted by molar-refractivity contribution is 5.92. The Morgan fingerprint density at radius 3 is 2.57 bits per heavy atom. The monoisotopic (exact) mass is 284 g/mol. The molecule has 0 fully saturated rings. The molecular weight excluding hydrogens is 272 g/mol. The molecule has 8 heteroatoms. The van der Waals surface area contributed by atoms with Crippen LogP contribution in [0.2, 0.25) is 0 Å². The molecule has 0 radical (unpaired) electrons. The highest BCUT2D eigenvalue weighted by Gasteiger charge is 2.21. The molecule has 8 nitrogen and oxygen atoms in total. The highest BCUT2D eigenvalue weighted by atomic mass is 16.4. The standard InChI is InChI=1S/C13H12N6O2/c1-18-7-10(14-16-18)8-19-12(9-5-3-2-4-6-9)11(13(20)21)15-17-19/h2-7H,8H2,1H3,(H,20,21). The predicted octanol–water partition coefficient (Wildman–Crippen LogP) is 0.820. The minimum Gasteiger partial charge on any atom is -0.476 e. The quantitative estimate of drug-likeness (QED) is 0.761. The zero-order valence-corrected chi connectivity index (χ0v) is 11.2. The molecule has 0 saturated heterocycles. The summed E-state index contributed by atoms with van der Waals surface area (Å²) in [5.74, 6) is -1.11. The summed E-state index contributed by atoms with van der Waals surface area (Å²) in [6.07, 6.45) is 1.75. The Labute approximate surface area is 119 Å². The number of benzene rings is 1. The first-order valence-electron chi connectivity index (χ1n) is 6.22. The number of carbonyl (C=O) groups is 1. The van der Waals surface area contributed by atoms with Crippen LogP contribution in [0.5, 0.6) is 0 Å². The van der Waals surface area contributed by atoms with Crippen molar-refractivity contribution in [3.8, 4) is 11.3 Å². The van der Waals surface area contributed by atoms with Gasteiger partial charge in [-0.15, -0.1) is 10.2 Å². The summed E-state index contributed by atoms with van der Waals surface area (Å²) in [6.45, 7) is 0.304. The molecule has 0 aliphatic carbocycles. The van der Waals surface area contributed by atoms with Crippen molar-refractivity contribution in [2.75, 3.05) is 0 Å². The Morgan fingerprint density at radius 1 is 1.19 bits per heavy atom. The van der Waals surface area contributed by atoms with Crippen molar-refractivity contribution in [2.45, 2.75) is 6.54 Å². The number of rotatable bonds is 4. The average molecular weight is 284 g/mol. The van der Waals surface area contributed by atoms with Crippen molar-refractivity contribution in [2.24, 2.45) is 7.05 Å². The summed E-state index contributed by atoms with van der Waals surface area (Å²) in [5.41, 5.74) is 1.79. The van der Waals surface area contributed by atoms with Crippen LogP contribution in [-0.4, -0.2) is 41.1 Å². The van der Waals surface area contributed by atoms with E-state index in [1.54, 1.807) is 17.9 Å². The van der Waals surface area contributed by atoms with Gasteiger partial charge in [-0.1, -0.05) is 40.8 Å². The topological polar surface area (TPSA) is 98.7 Å². The smallest absolute Gasteiger partial charge is 0.358 e.